The number of benzene rings is 1. The third-order valence-corrected chi connectivity index (χ3v) is 6.95. The Kier molecular flexibility index (Phi) is 5.42. The quantitative estimate of drug-likeness (QED) is 0.660. The van der Waals surface area contributed by atoms with Crippen molar-refractivity contribution in [1.29, 1.82) is 0 Å². The number of hydrogen-bond donors (Lipinski definition) is 1. The molecule has 10 heteroatoms. The minimum absolute atomic E-state index is 0.0756. The summed E-state index contributed by atoms with van der Waals surface area (Å²) in [5.74, 6) is -0.345. The zero-order valence-electron chi connectivity index (χ0n) is 13.4. The van der Waals surface area contributed by atoms with Gasteiger partial charge in [-0.1, -0.05) is 19.1 Å². The third-order valence-electron chi connectivity index (χ3n) is 3.58. The maximum absolute atomic E-state index is 12.9. The zero-order chi connectivity index (χ0) is 17.9. The topological polar surface area (TPSA) is 92.3 Å². The van der Waals surface area contributed by atoms with Gasteiger partial charge in [-0.3, -0.25) is 4.79 Å². The fourth-order valence-corrected chi connectivity index (χ4v) is 5.11. The van der Waals surface area contributed by atoms with Crippen molar-refractivity contribution in [3.63, 3.8) is 0 Å². The molecule has 0 fully saturated rings. The number of amides is 1. The standard InChI is InChI=1S/C15H16N4O3S3/c1-2-19(10-14(20)16-9-11-5-4-8-23-11)25(21,22)13-7-3-6-12-15(13)18-24-17-12/h3-8H,2,9-10H2,1H3,(H,16,20). The van der Waals surface area contributed by atoms with E-state index in [9.17, 15) is 13.2 Å². The van der Waals surface area contributed by atoms with Gasteiger partial charge in [-0.2, -0.15) is 13.1 Å². The molecule has 0 unspecified atom stereocenters. The molecule has 0 aliphatic rings. The molecule has 0 saturated heterocycles. The maximum atomic E-state index is 12.9. The normalized spacial score (nSPS) is 11.9. The summed E-state index contributed by atoms with van der Waals surface area (Å²) in [5.41, 5.74) is 0.870. The lowest BCUT2D eigenvalue weighted by Crippen LogP contribution is -2.40. The Morgan fingerprint density at radius 2 is 2.08 bits per heavy atom. The zero-order valence-corrected chi connectivity index (χ0v) is 15.8. The van der Waals surface area contributed by atoms with Crippen LogP contribution in [0.2, 0.25) is 0 Å². The fourth-order valence-electron chi connectivity index (χ4n) is 2.31. The van der Waals surface area contributed by atoms with Gasteiger partial charge in [-0.15, -0.1) is 11.3 Å². The Morgan fingerprint density at radius 1 is 1.24 bits per heavy atom. The highest BCUT2D eigenvalue weighted by Crippen LogP contribution is 2.24. The number of carbonyl (C=O) groups is 1. The van der Waals surface area contributed by atoms with Crippen molar-refractivity contribution >= 4 is 50.0 Å². The molecule has 3 aromatic rings. The van der Waals surface area contributed by atoms with Crippen LogP contribution in [0.5, 0.6) is 0 Å². The highest BCUT2D eigenvalue weighted by atomic mass is 32.2. The minimum Gasteiger partial charge on any atom is -0.350 e. The summed E-state index contributed by atoms with van der Waals surface area (Å²) in [6.07, 6.45) is 0. The molecule has 0 atom stereocenters. The van der Waals surface area contributed by atoms with Crippen molar-refractivity contribution in [2.75, 3.05) is 13.1 Å². The first-order chi connectivity index (χ1) is 12.0. The van der Waals surface area contributed by atoms with Crippen LogP contribution < -0.4 is 5.32 Å². The Hall–Kier alpha value is -1.88. The lowest BCUT2D eigenvalue weighted by molar-refractivity contribution is -0.121. The molecule has 132 valence electrons. The van der Waals surface area contributed by atoms with Gasteiger partial charge >= 0.3 is 0 Å². The SMILES string of the molecule is CCN(CC(=O)NCc1cccs1)S(=O)(=O)c1cccc2nsnc12. The first-order valence-corrected chi connectivity index (χ1v) is 10.6. The van der Waals surface area contributed by atoms with E-state index in [0.717, 1.165) is 20.9 Å². The van der Waals surface area contributed by atoms with E-state index in [2.05, 4.69) is 14.1 Å². The van der Waals surface area contributed by atoms with Gasteiger partial charge in [0.15, 0.2) is 0 Å². The fraction of sp³-hybridized carbons (Fsp3) is 0.267. The number of rotatable bonds is 7. The average Bonchev–Trinajstić information content (AvgIpc) is 3.28. The van der Waals surface area contributed by atoms with Gasteiger partial charge in [-0.25, -0.2) is 8.42 Å². The van der Waals surface area contributed by atoms with Gasteiger partial charge in [-0.05, 0) is 23.6 Å². The molecule has 7 nitrogen and oxygen atoms in total. The number of sulfonamides is 1. The first kappa shape index (κ1) is 17.9. The number of likely N-dealkylation sites (N-methyl/N-ethyl adjacent to an activating group) is 1. The van der Waals surface area contributed by atoms with Crippen LogP contribution in [0.15, 0.2) is 40.6 Å². The van der Waals surface area contributed by atoms with Gasteiger partial charge in [0, 0.05) is 11.4 Å². The van der Waals surface area contributed by atoms with Gasteiger partial charge in [0.05, 0.1) is 24.8 Å². The number of nitrogens with one attached hydrogen (secondary N) is 1. The summed E-state index contributed by atoms with van der Waals surface area (Å²) < 4.78 is 35.1. The summed E-state index contributed by atoms with van der Waals surface area (Å²) in [5, 5.41) is 4.67. The summed E-state index contributed by atoms with van der Waals surface area (Å²) in [7, 11) is -3.84. The van der Waals surface area contributed by atoms with Crippen LogP contribution >= 0.6 is 23.1 Å². The van der Waals surface area contributed by atoms with E-state index in [1.807, 2.05) is 17.5 Å². The molecule has 0 spiro atoms. The van der Waals surface area contributed by atoms with Crippen LogP contribution in [-0.4, -0.2) is 40.5 Å². The second-order valence-corrected chi connectivity index (χ2v) is 8.64. The van der Waals surface area contributed by atoms with Crippen molar-refractivity contribution in [1.82, 2.24) is 18.4 Å². The van der Waals surface area contributed by atoms with E-state index in [1.165, 1.54) is 17.4 Å². The summed E-state index contributed by atoms with van der Waals surface area (Å²) in [4.78, 5) is 13.2. The van der Waals surface area contributed by atoms with Crippen molar-refractivity contribution < 1.29 is 13.2 Å². The van der Waals surface area contributed by atoms with Crippen LogP contribution in [0.1, 0.15) is 11.8 Å². The molecular weight excluding hydrogens is 380 g/mol. The van der Waals surface area contributed by atoms with Gasteiger partial charge in [0.25, 0.3) is 0 Å². The van der Waals surface area contributed by atoms with Gasteiger partial charge < -0.3 is 5.32 Å². The summed E-state index contributed by atoms with van der Waals surface area (Å²) >= 11 is 2.50. The third kappa shape index (κ3) is 3.87. The Balaban J connectivity index is 1.77. The lowest BCUT2D eigenvalue weighted by atomic mass is 10.3. The van der Waals surface area contributed by atoms with E-state index in [0.29, 0.717) is 17.6 Å². The molecule has 25 heavy (non-hydrogen) atoms. The van der Waals surface area contributed by atoms with Crippen LogP contribution in [0.25, 0.3) is 11.0 Å². The Labute approximate surface area is 153 Å². The number of thiophene rings is 1. The first-order valence-electron chi connectivity index (χ1n) is 7.53. The van der Waals surface area contributed by atoms with Crippen molar-refractivity contribution in [2.45, 2.75) is 18.4 Å². The highest BCUT2D eigenvalue weighted by Gasteiger charge is 2.28. The summed E-state index contributed by atoms with van der Waals surface area (Å²) in [6.45, 7) is 2.03. The van der Waals surface area contributed by atoms with Gasteiger partial charge in [0.2, 0.25) is 15.9 Å². The monoisotopic (exact) mass is 396 g/mol. The maximum Gasteiger partial charge on any atom is 0.245 e. The number of fused-ring (bicyclic) bond motifs is 1. The predicted molar refractivity (Wildman–Crippen MR) is 98.0 cm³/mol. The number of carbonyl (C=O) groups excluding carboxylic acids is 1. The van der Waals surface area contributed by atoms with Crippen molar-refractivity contribution in [3.8, 4) is 0 Å². The van der Waals surface area contributed by atoms with E-state index in [1.54, 1.807) is 19.1 Å². The van der Waals surface area contributed by atoms with E-state index < -0.39 is 10.0 Å². The van der Waals surface area contributed by atoms with E-state index in [-0.39, 0.29) is 23.9 Å². The average molecular weight is 397 g/mol. The second-order valence-electron chi connectivity index (χ2n) is 5.18. The molecule has 2 heterocycles. The molecule has 3 rings (SSSR count). The van der Waals surface area contributed by atoms with E-state index in [4.69, 9.17) is 0 Å². The molecule has 1 aromatic carbocycles. The number of nitrogens with zero attached hydrogens (tertiary/aromatic N) is 3. The molecule has 0 bridgehead atoms. The predicted octanol–water partition coefficient (Wildman–Crippen LogP) is 2.08. The number of hydrogen-bond acceptors (Lipinski definition) is 7. The molecule has 1 amide bonds. The Morgan fingerprint density at radius 3 is 2.80 bits per heavy atom. The molecular formula is C15H16N4O3S3. The van der Waals surface area contributed by atoms with Crippen LogP contribution in [0.3, 0.4) is 0 Å². The second kappa shape index (κ2) is 7.56. The molecule has 0 aliphatic heterocycles. The van der Waals surface area contributed by atoms with Crippen LogP contribution in [0.4, 0.5) is 0 Å². The number of aromatic nitrogens is 2. The molecule has 2 aromatic heterocycles. The largest absolute Gasteiger partial charge is 0.350 e. The van der Waals surface area contributed by atoms with Gasteiger partial charge in [0.1, 0.15) is 15.9 Å². The van der Waals surface area contributed by atoms with Crippen LogP contribution in [0, 0.1) is 0 Å². The highest BCUT2D eigenvalue weighted by molar-refractivity contribution is 7.89. The molecule has 1 N–H and O–H groups in total. The van der Waals surface area contributed by atoms with Crippen molar-refractivity contribution in [3.05, 3.63) is 40.6 Å². The smallest absolute Gasteiger partial charge is 0.245 e. The summed E-state index contributed by atoms with van der Waals surface area (Å²) in [6, 6.07) is 8.64. The van der Waals surface area contributed by atoms with Crippen LogP contribution in [-0.2, 0) is 21.4 Å². The lowest BCUT2D eigenvalue weighted by Gasteiger charge is -2.20. The van der Waals surface area contributed by atoms with Crippen molar-refractivity contribution in [2.24, 2.45) is 0 Å². The Bertz CT molecular complexity index is 967. The minimum atomic E-state index is -3.84. The molecule has 0 radical (unpaired) electrons. The molecule has 0 aliphatic carbocycles. The molecule has 0 saturated carbocycles. The van der Waals surface area contributed by atoms with E-state index >= 15 is 0 Å².